The number of ether oxygens (including phenoxy) is 4. The maximum absolute atomic E-state index is 13.1. The van der Waals surface area contributed by atoms with Gasteiger partial charge in [-0.15, -0.1) is 0 Å². The highest BCUT2D eigenvalue weighted by Crippen LogP contribution is 2.38. The number of nitrogens with zero attached hydrogens (tertiary/aromatic N) is 3. The molecule has 184 valence electrons. The van der Waals surface area contributed by atoms with Crippen LogP contribution in [0, 0.1) is 0 Å². The molecule has 0 aliphatic carbocycles. The van der Waals surface area contributed by atoms with Crippen molar-refractivity contribution in [2.45, 2.75) is 0 Å². The second kappa shape index (κ2) is 10.4. The van der Waals surface area contributed by atoms with E-state index in [1.807, 2.05) is 24.3 Å². The van der Waals surface area contributed by atoms with Crippen molar-refractivity contribution in [1.29, 1.82) is 0 Å². The highest BCUT2D eigenvalue weighted by Gasteiger charge is 2.28. The molecule has 2 amide bonds. The lowest BCUT2D eigenvalue weighted by Gasteiger charge is -2.34. The molecule has 35 heavy (non-hydrogen) atoms. The molecule has 1 aliphatic rings. The molecule has 10 heteroatoms. The van der Waals surface area contributed by atoms with E-state index in [9.17, 15) is 9.59 Å². The van der Waals surface area contributed by atoms with Crippen LogP contribution in [0.5, 0.6) is 23.0 Å². The number of nitrogens with one attached hydrogen (secondary N) is 1. The van der Waals surface area contributed by atoms with Gasteiger partial charge in [0, 0.05) is 37.3 Å². The number of hydrogen-bond donors (Lipinski definition) is 1. The summed E-state index contributed by atoms with van der Waals surface area (Å²) in [6, 6.07) is 12.5. The summed E-state index contributed by atoms with van der Waals surface area (Å²) >= 11 is 0. The molecule has 2 aromatic carbocycles. The van der Waals surface area contributed by atoms with E-state index < -0.39 is 0 Å². The van der Waals surface area contributed by atoms with E-state index in [1.54, 1.807) is 35.1 Å². The molecular formula is C25H28N4O6. The van der Waals surface area contributed by atoms with Gasteiger partial charge in [0.05, 0.1) is 34.1 Å². The van der Waals surface area contributed by atoms with Crippen molar-refractivity contribution in [1.82, 2.24) is 20.0 Å². The molecule has 0 bridgehead atoms. The number of aromatic nitrogens is 2. The van der Waals surface area contributed by atoms with Gasteiger partial charge in [0.25, 0.3) is 11.8 Å². The molecule has 0 radical (unpaired) electrons. The third-order valence-electron chi connectivity index (χ3n) is 5.96. The average molecular weight is 481 g/mol. The fraction of sp³-hybridized carbons (Fsp3) is 0.320. The molecule has 0 atom stereocenters. The normalized spacial score (nSPS) is 13.4. The average Bonchev–Trinajstić information content (AvgIpc) is 3.41. The van der Waals surface area contributed by atoms with Crippen LogP contribution in [0.15, 0.2) is 42.5 Å². The van der Waals surface area contributed by atoms with Crippen LogP contribution in [0.4, 0.5) is 0 Å². The smallest absolute Gasteiger partial charge is 0.272 e. The third kappa shape index (κ3) is 4.86. The summed E-state index contributed by atoms with van der Waals surface area (Å²) in [4.78, 5) is 29.6. The fourth-order valence-corrected chi connectivity index (χ4v) is 4.01. The van der Waals surface area contributed by atoms with Gasteiger partial charge in [-0.3, -0.25) is 14.7 Å². The lowest BCUT2D eigenvalue weighted by Crippen LogP contribution is -2.50. The van der Waals surface area contributed by atoms with Gasteiger partial charge in [0.15, 0.2) is 11.5 Å². The predicted octanol–water partition coefficient (Wildman–Crippen LogP) is 2.71. The van der Waals surface area contributed by atoms with Crippen LogP contribution < -0.4 is 18.9 Å². The van der Waals surface area contributed by atoms with Crippen LogP contribution in [0.2, 0.25) is 0 Å². The second-order valence-corrected chi connectivity index (χ2v) is 7.89. The van der Waals surface area contributed by atoms with E-state index >= 15 is 0 Å². The zero-order chi connectivity index (χ0) is 24.9. The Bertz CT molecular complexity index is 1170. The first-order valence-corrected chi connectivity index (χ1v) is 11.1. The van der Waals surface area contributed by atoms with E-state index in [4.69, 9.17) is 18.9 Å². The summed E-state index contributed by atoms with van der Waals surface area (Å²) in [5, 5.41) is 7.11. The zero-order valence-electron chi connectivity index (χ0n) is 20.2. The lowest BCUT2D eigenvalue weighted by molar-refractivity contribution is 0.0532. The first kappa shape index (κ1) is 23.9. The fourth-order valence-electron chi connectivity index (χ4n) is 4.01. The first-order valence-electron chi connectivity index (χ1n) is 11.1. The predicted molar refractivity (Wildman–Crippen MR) is 128 cm³/mol. The van der Waals surface area contributed by atoms with Crippen molar-refractivity contribution in [3.8, 4) is 34.3 Å². The van der Waals surface area contributed by atoms with E-state index in [2.05, 4.69) is 10.2 Å². The number of amides is 2. The second-order valence-electron chi connectivity index (χ2n) is 7.89. The van der Waals surface area contributed by atoms with E-state index in [0.29, 0.717) is 60.4 Å². The highest BCUT2D eigenvalue weighted by atomic mass is 16.5. The lowest BCUT2D eigenvalue weighted by atomic mass is 10.1. The SMILES string of the molecule is COc1ccc(-c2cc(C(=O)N3CCN(C(=O)c4cc(OC)c(OC)c(OC)c4)CC3)[nH]n2)cc1. The minimum Gasteiger partial charge on any atom is -0.497 e. The van der Waals surface area contributed by atoms with Crippen LogP contribution in [0.25, 0.3) is 11.3 Å². The van der Waals surface area contributed by atoms with Crippen LogP contribution in [0.3, 0.4) is 0 Å². The summed E-state index contributed by atoms with van der Waals surface area (Å²) in [5.74, 6) is 1.68. The van der Waals surface area contributed by atoms with E-state index in [0.717, 1.165) is 11.3 Å². The quantitative estimate of drug-likeness (QED) is 0.554. The van der Waals surface area contributed by atoms with Crippen LogP contribution in [-0.2, 0) is 0 Å². The van der Waals surface area contributed by atoms with Gasteiger partial charge < -0.3 is 28.7 Å². The summed E-state index contributed by atoms with van der Waals surface area (Å²) in [6.45, 7) is 1.62. The van der Waals surface area contributed by atoms with Gasteiger partial charge in [-0.25, -0.2) is 0 Å². The molecule has 1 N–H and O–H groups in total. The van der Waals surface area contributed by atoms with Crippen molar-refractivity contribution >= 4 is 11.8 Å². The summed E-state index contributed by atoms with van der Waals surface area (Å²) in [6.07, 6.45) is 0. The van der Waals surface area contributed by atoms with Gasteiger partial charge >= 0.3 is 0 Å². The Morgan fingerprint density at radius 3 is 1.86 bits per heavy atom. The number of aromatic amines is 1. The number of H-pyrrole nitrogens is 1. The van der Waals surface area contributed by atoms with Crippen molar-refractivity contribution in [2.75, 3.05) is 54.6 Å². The monoisotopic (exact) mass is 480 g/mol. The van der Waals surface area contributed by atoms with Crippen LogP contribution >= 0.6 is 0 Å². The number of carbonyl (C=O) groups excluding carboxylic acids is 2. The van der Waals surface area contributed by atoms with Crippen LogP contribution in [-0.4, -0.2) is 86.4 Å². The van der Waals surface area contributed by atoms with Crippen molar-refractivity contribution in [2.24, 2.45) is 0 Å². The third-order valence-corrected chi connectivity index (χ3v) is 5.96. The molecule has 10 nitrogen and oxygen atoms in total. The topological polar surface area (TPSA) is 106 Å². The van der Waals surface area contributed by atoms with Gasteiger partial charge in [0.1, 0.15) is 11.4 Å². The maximum Gasteiger partial charge on any atom is 0.272 e. The molecule has 1 saturated heterocycles. The number of carbonyl (C=O) groups is 2. The first-order chi connectivity index (χ1) is 17.0. The van der Waals surface area contributed by atoms with Crippen molar-refractivity contribution in [3.63, 3.8) is 0 Å². The van der Waals surface area contributed by atoms with Gasteiger partial charge in [0.2, 0.25) is 5.75 Å². The molecule has 2 heterocycles. The minimum absolute atomic E-state index is 0.155. The maximum atomic E-state index is 13.1. The van der Waals surface area contributed by atoms with Crippen molar-refractivity contribution < 1.29 is 28.5 Å². The molecule has 0 saturated carbocycles. The summed E-state index contributed by atoms with van der Waals surface area (Å²) in [5.41, 5.74) is 2.38. The van der Waals surface area contributed by atoms with E-state index in [1.165, 1.54) is 21.3 Å². The molecular weight excluding hydrogens is 452 g/mol. The molecule has 0 spiro atoms. The molecule has 4 rings (SSSR count). The molecule has 1 aromatic heterocycles. The number of benzene rings is 2. The van der Waals surface area contributed by atoms with Gasteiger partial charge in [-0.2, -0.15) is 5.10 Å². The minimum atomic E-state index is -0.167. The molecule has 1 aliphatic heterocycles. The van der Waals surface area contributed by atoms with E-state index in [-0.39, 0.29) is 11.8 Å². The summed E-state index contributed by atoms with van der Waals surface area (Å²) < 4.78 is 21.2. The Morgan fingerprint density at radius 1 is 0.771 bits per heavy atom. The van der Waals surface area contributed by atoms with Crippen molar-refractivity contribution in [3.05, 3.63) is 53.7 Å². The van der Waals surface area contributed by atoms with Crippen LogP contribution in [0.1, 0.15) is 20.8 Å². The number of piperazine rings is 1. The number of methoxy groups -OCH3 is 4. The number of hydrogen-bond acceptors (Lipinski definition) is 7. The number of rotatable bonds is 7. The molecule has 3 aromatic rings. The van der Waals surface area contributed by atoms with Gasteiger partial charge in [-0.05, 0) is 42.5 Å². The largest absolute Gasteiger partial charge is 0.497 e. The summed E-state index contributed by atoms with van der Waals surface area (Å²) in [7, 11) is 6.13. The molecule has 0 unspecified atom stereocenters. The Labute approximate surface area is 203 Å². The Balaban J connectivity index is 1.41. The highest BCUT2D eigenvalue weighted by molar-refractivity contribution is 5.96. The Kier molecular flexibility index (Phi) is 7.09. The van der Waals surface area contributed by atoms with Gasteiger partial charge in [-0.1, -0.05) is 0 Å². The Morgan fingerprint density at radius 2 is 1.34 bits per heavy atom. The Hall–Kier alpha value is -4.21. The molecule has 1 fully saturated rings. The zero-order valence-corrected chi connectivity index (χ0v) is 20.2. The standard InChI is InChI=1S/C25H28N4O6/c1-32-18-7-5-16(6-8-18)19-15-20(27-26-19)25(31)29-11-9-28(10-12-29)24(30)17-13-21(33-2)23(35-4)22(14-17)34-3/h5-8,13-15H,9-12H2,1-4H3,(H,26,27).